The molecule has 2 aliphatic rings. The molecule has 2 unspecified atom stereocenters. The number of aromatic nitrogens is 1. The van der Waals surface area contributed by atoms with Crippen LogP contribution in [0.25, 0.3) is 10.2 Å². The smallest absolute Gasteiger partial charge is 0.250 e. The molecule has 6 nitrogen and oxygen atoms in total. The molecule has 7 heteroatoms. The summed E-state index contributed by atoms with van der Waals surface area (Å²) in [5, 5.41) is 0. The van der Waals surface area contributed by atoms with Crippen molar-refractivity contribution in [3.8, 4) is 0 Å². The Kier molecular flexibility index (Phi) is 4.48. The van der Waals surface area contributed by atoms with Gasteiger partial charge in [-0.05, 0) is 25.0 Å². The predicted octanol–water partition coefficient (Wildman–Crippen LogP) is 2.23. The van der Waals surface area contributed by atoms with Gasteiger partial charge in [0.2, 0.25) is 17.7 Å². The molecule has 1 aliphatic carbocycles. The zero-order valence-electron chi connectivity index (χ0n) is 14.7. The van der Waals surface area contributed by atoms with Crippen LogP contribution in [-0.2, 0) is 21.4 Å². The van der Waals surface area contributed by atoms with Crippen LogP contribution in [0.5, 0.6) is 0 Å². The van der Waals surface area contributed by atoms with Crippen molar-refractivity contribution in [2.24, 2.45) is 23.9 Å². The normalized spacial score (nSPS) is 23.7. The number of imide groups is 1. The first-order valence-electron chi connectivity index (χ1n) is 9.03. The summed E-state index contributed by atoms with van der Waals surface area (Å²) in [5.74, 6) is -0.824. The highest BCUT2D eigenvalue weighted by molar-refractivity contribution is 7.16. The first kappa shape index (κ1) is 17.1. The number of hydrogen-bond acceptors (Lipinski definition) is 4. The number of benzene rings is 1. The van der Waals surface area contributed by atoms with Crippen molar-refractivity contribution in [1.29, 1.82) is 0 Å². The highest BCUT2D eigenvalue weighted by Gasteiger charge is 2.47. The van der Waals surface area contributed by atoms with Gasteiger partial charge in [0.1, 0.15) is 0 Å². The van der Waals surface area contributed by atoms with E-state index >= 15 is 0 Å². The van der Waals surface area contributed by atoms with Crippen LogP contribution in [-0.4, -0.2) is 33.7 Å². The van der Waals surface area contributed by atoms with Crippen LogP contribution in [0.2, 0.25) is 0 Å². The Bertz CT molecular complexity index is 934. The fourth-order valence-electron chi connectivity index (χ4n) is 4.01. The van der Waals surface area contributed by atoms with Crippen molar-refractivity contribution >= 4 is 39.3 Å². The number of aryl methyl sites for hydroxylation is 1. The molecule has 136 valence electrons. The number of likely N-dealkylation sites (tertiary alicyclic amines) is 1. The molecule has 1 saturated carbocycles. The second-order valence-electron chi connectivity index (χ2n) is 6.99. The fraction of sp³-hybridized carbons (Fsp3) is 0.474. The molecule has 0 N–H and O–H groups in total. The molecule has 1 aliphatic heterocycles. The molecular weight excluding hydrogens is 350 g/mol. The third-order valence-corrected chi connectivity index (χ3v) is 6.53. The first-order chi connectivity index (χ1) is 12.6. The topological polar surface area (TPSA) is 71.7 Å². The summed E-state index contributed by atoms with van der Waals surface area (Å²) in [4.78, 5) is 43.3. The van der Waals surface area contributed by atoms with Crippen molar-refractivity contribution in [1.82, 2.24) is 9.47 Å². The Morgan fingerprint density at radius 1 is 1.15 bits per heavy atom. The van der Waals surface area contributed by atoms with Crippen molar-refractivity contribution in [2.45, 2.75) is 32.1 Å². The molecule has 0 spiro atoms. The second kappa shape index (κ2) is 6.79. The van der Waals surface area contributed by atoms with E-state index < -0.39 is 0 Å². The molecule has 0 radical (unpaired) electrons. The quantitative estimate of drug-likeness (QED) is 0.777. The van der Waals surface area contributed by atoms with Gasteiger partial charge in [0, 0.05) is 20.0 Å². The van der Waals surface area contributed by atoms with Gasteiger partial charge in [-0.15, -0.1) is 0 Å². The van der Waals surface area contributed by atoms with Crippen LogP contribution in [0.4, 0.5) is 0 Å². The van der Waals surface area contributed by atoms with E-state index in [0.717, 1.165) is 35.9 Å². The minimum Gasteiger partial charge on any atom is -0.319 e. The van der Waals surface area contributed by atoms with E-state index in [-0.39, 0.29) is 42.5 Å². The molecule has 2 aromatic rings. The Morgan fingerprint density at radius 2 is 1.81 bits per heavy atom. The molecule has 2 atom stereocenters. The highest BCUT2D eigenvalue weighted by atomic mass is 32.1. The third kappa shape index (κ3) is 2.90. The van der Waals surface area contributed by atoms with Gasteiger partial charge >= 0.3 is 0 Å². The maximum Gasteiger partial charge on any atom is 0.250 e. The molecule has 1 saturated heterocycles. The summed E-state index contributed by atoms with van der Waals surface area (Å²) < 4.78 is 2.95. The lowest BCUT2D eigenvalue weighted by Gasteiger charge is -2.19. The van der Waals surface area contributed by atoms with Gasteiger partial charge in [-0.25, -0.2) is 0 Å². The van der Waals surface area contributed by atoms with Gasteiger partial charge in [-0.3, -0.25) is 19.3 Å². The van der Waals surface area contributed by atoms with Crippen molar-refractivity contribution in [2.75, 3.05) is 6.54 Å². The molecule has 3 amide bonds. The molecule has 4 rings (SSSR count). The zero-order chi connectivity index (χ0) is 18.3. The summed E-state index contributed by atoms with van der Waals surface area (Å²) in [6, 6.07) is 7.88. The fourth-order valence-corrected chi connectivity index (χ4v) is 5.05. The summed E-state index contributed by atoms with van der Waals surface area (Å²) in [6.07, 6.45) is 3.67. The first-order valence-corrected chi connectivity index (χ1v) is 9.85. The van der Waals surface area contributed by atoms with E-state index in [4.69, 9.17) is 0 Å². The molecule has 1 aromatic carbocycles. The Hall–Kier alpha value is -2.28. The standard InChI is InChI=1S/C19H21N3O3S/c1-21-14-8-4-5-9-15(14)26-19(21)20-16(23)10-11-22-17(24)12-6-2-3-7-13(12)18(22)25/h4-5,8-9,12-13H,2-3,6-7,10-11H2,1H3. The zero-order valence-corrected chi connectivity index (χ0v) is 15.5. The molecule has 2 fully saturated rings. The van der Waals surface area contributed by atoms with Crippen molar-refractivity contribution in [3.63, 3.8) is 0 Å². The van der Waals surface area contributed by atoms with E-state index in [1.807, 2.05) is 35.9 Å². The van der Waals surface area contributed by atoms with Crippen LogP contribution in [0.3, 0.4) is 0 Å². The number of carbonyl (C=O) groups is 3. The van der Waals surface area contributed by atoms with Crippen LogP contribution in [0.1, 0.15) is 32.1 Å². The van der Waals surface area contributed by atoms with E-state index in [1.54, 1.807) is 0 Å². The van der Waals surface area contributed by atoms with Gasteiger partial charge in [0.25, 0.3) is 0 Å². The van der Waals surface area contributed by atoms with Gasteiger partial charge < -0.3 is 4.57 Å². The van der Waals surface area contributed by atoms with E-state index in [0.29, 0.717) is 4.80 Å². The minimum absolute atomic E-state index is 0.0746. The largest absolute Gasteiger partial charge is 0.319 e. The third-order valence-electron chi connectivity index (χ3n) is 5.42. The van der Waals surface area contributed by atoms with Gasteiger partial charge in [-0.1, -0.05) is 36.3 Å². The second-order valence-corrected chi connectivity index (χ2v) is 8.00. The van der Waals surface area contributed by atoms with Crippen molar-refractivity contribution in [3.05, 3.63) is 29.1 Å². The SMILES string of the molecule is Cn1c(=NC(=O)CCN2C(=O)C3CCCCC3C2=O)sc2ccccc21. The van der Waals surface area contributed by atoms with E-state index in [2.05, 4.69) is 4.99 Å². The Balaban J connectivity index is 1.48. The van der Waals surface area contributed by atoms with Crippen LogP contribution in [0, 0.1) is 11.8 Å². The predicted molar refractivity (Wildman–Crippen MR) is 98.2 cm³/mol. The number of rotatable bonds is 3. The molecule has 2 heterocycles. The number of hydrogen-bond donors (Lipinski definition) is 0. The number of carbonyl (C=O) groups excluding carboxylic acids is 3. The highest BCUT2D eigenvalue weighted by Crippen LogP contribution is 2.37. The molecule has 1 aromatic heterocycles. The Labute approximate surface area is 155 Å². The van der Waals surface area contributed by atoms with Gasteiger partial charge in [0.15, 0.2) is 4.80 Å². The Morgan fingerprint density at radius 3 is 2.46 bits per heavy atom. The maximum atomic E-state index is 12.5. The number of nitrogens with zero attached hydrogens (tertiary/aromatic N) is 3. The molecule has 0 bridgehead atoms. The van der Waals surface area contributed by atoms with Crippen LogP contribution in [0.15, 0.2) is 29.3 Å². The van der Waals surface area contributed by atoms with E-state index in [9.17, 15) is 14.4 Å². The summed E-state index contributed by atoms with van der Waals surface area (Å²) in [6.45, 7) is 0.140. The van der Waals surface area contributed by atoms with Crippen LogP contribution >= 0.6 is 11.3 Å². The van der Waals surface area contributed by atoms with Crippen molar-refractivity contribution < 1.29 is 14.4 Å². The summed E-state index contributed by atoms with van der Waals surface area (Å²) in [7, 11) is 1.88. The lowest BCUT2D eigenvalue weighted by atomic mass is 9.81. The van der Waals surface area contributed by atoms with E-state index in [1.165, 1.54) is 16.2 Å². The lowest BCUT2D eigenvalue weighted by Crippen LogP contribution is -2.33. The monoisotopic (exact) mass is 371 g/mol. The number of thiazole rings is 1. The van der Waals surface area contributed by atoms with Gasteiger partial charge in [0.05, 0.1) is 22.1 Å². The maximum absolute atomic E-state index is 12.5. The number of fused-ring (bicyclic) bond motifs is 2. The molecular formula is C19H21N3O3S. The number of amides is 3. The van der Waals surface area contributed by atoms with Crippen LogP contribution < -0.4 is 4.80 Å². The lowest BCUT2D eigenvalue weighted by molar-refractivity contribution is -0.140. The summed E-state index contributed by atoms with van der Waals surface area (Å²) in [5.41, 5.74) is 1.03. The summed E-state index contributed by atoms with van der Waals surface area (Å²) >= 11 is 1.46. The average molecular weight is 371 g/mol. The molecule has 26 heavy (non-hydrogen) atoms. The number of para-hydroxylation sites is 1. The minimum atomic E-state index is -0.303. The average Bonchev–Trinajstić information content (AvgIpc) is 3.09. The van der Waals surface area contributed by atoms with Gasteiger partial charge in [-0.2, -0.15) is 4.99 Å².